The van der Waals surface area contributed by atoms with Gasteiger partial charge in [0.2, 0.25) is 0 Å². The van der Waals surface area contributed by atoms with E-state index in [1.165, 1.54) is 48.1 Å². The van der Waals surface area contributed by atoms with Gasteiger partial charge in [-0.25, -0.2) is 4.98 Å². The molecule has 0 spiro atoms. The van der Waals surface area contributed by atoms with E-state index in [0.29, 0.717) is 11.3 Å². The molecule has 0 aliphatic heterocycles. The zero-order chi connectivity index (χ0) is 13.7. The summed E-state index contributed by atoms with van der Waals surface area (Å²) in [6.07, 6.45) is 6.57. The molecular weight excluding hydrogens is 268 g/mol. The molecule has 106 valence electrons. The highest BCUT2D eigenvalue weighted by Gasteiger charge is 2.54. The Morgan fingerprint density at radius 2 is 2.15 bits per heavy atom. The van der Waals surface area contributed by atoms with Gasteiger partial charge < -0.3 is 4.57 Å². The zero-order valence-electron chi connectivity index (χ0n) is 12.0. The van der Waals surface area contributed by atoms with Crippen LogP contribution in [0, 0.1) is 18.3 Å². The van der Waals surface area contributed by atoms with Crippen LogP contribution in [0.1, 0.15) is 37.1 Å². The highest BCUT2D eigenvalue weighted by Crippen LogP contribution is 2.62. The van der Waals surface area contributed by atoms with Crippen LogP contribution in [0.25, 0.3) is 11.0 Å². The number of fused-ring (bicyclic) bond motifs is 1. The molecule has 2 aromatic rings. The van der Waals surface area contributed by atoms with Crippen LogP contribution in [0.2, 0.25) is 0 Å². The molecule has 0 unspecified atom stereocenters. The molecule has 0 saturated heterocycles. The molecule has 4 rings (SSSR count). The van der Waals surface area contributed by atoms with Crippen LogP contribution in [0.3, 0.4) is 0 Å². The van der Waals surface area contributed by atoms with Crippen molar-refractivity contribution in [2.45, 2.75) is 45.6 Å². The molecule has 2 aliphatic carbocycles. The van der Waals surface area contributed by atoms with Gasteiger partial charge in [0.1, 0.15) is 5.82 Å². The number of alkyl halides is 1. The minimum atomic E-state index is 0.596. The number of rotatable bonds is 5. The fourth-order valence-corrected chi connectivity index (χ4v) is 3.82. The summed E-state index contributed by atoms with van der Waals surface area (Å²) in [7, 11) is 0. The Morgan fingerprint density at radius 1 is 1.35 bits per heavy atom. The molecule has 1 aromatic heterocycles. The summed E-state index contributed by atoms with van der Waals surface area (Å²) in [5.74, 6) is 2.81. The van der Waals surface area contributed by atoms with Crippen molar-refractivity contribution < 1.29 is 0 Å². The molecule has 20 heavy (non-hydrogen) atoms. The molecule has 0 atom stereocenters. The van der Waals surface area contributed by atoms with Crippen LogP contribution >= 0.6 is 11.6 Å². The van der Waals surface area contributed by atoms with E-state index in [9.17, 15) is 0 Å². The van der Waals surface area contributed by atoms with Crippen LogP contribution in [0.5, 0.6) is 0 Å². The summed E-state index contributed by atoms with van der Waals surface area (Å²) < 4.78 is 2.47. The van der Waals surface area contributed by atoms with Gasteiger partial charge in [-0.05, 0) is 55.6 Å². The Hall–Kier alpha value is -1.02. The van der Waals surface area contributed by atoms with Crippen LogP contribution in [-0.4, -0.2) is 15.4 Å². The van der Waals surface area contributed by atoms with E-state index in [-0.39, 0.29) is 0 Å². The van der Waals surface area contributed by atoms with Crippen molar-refractivity contribution in [3.8, 4) is 0 Å². The lowest BCUT2D eigenvalue weighted by Gasteiger charge is -2.17. The predicted molar refractivity (Wildman–Crippen MR) is 83.3 cm³/mol. The predicted octanol–water partition coefficient (Wildman–Crippen LogP) is 4.32. The quantitative estimate of drug-likeness (QED) is 0.750. The van der Waals surface area contributed by atoms with E-state index >= 15 is 0 Å². The van der Waals surface area contributed by atoms with E-state index in [4.69, 9.17) is 16.6 Å². The highest BCUT2D eigenvalue weighted by atomic mass is 35.5. The second-order valence-corrected chi connectivity index (χ2v) is 7.01. The SMILES string of the molecule is Cc1cccc2c1nc(CCCl)n2CC1(C2CC2)CC1. The number of hydrogen-bond acceptors (Lipinski definition) is 1. The number of benzene rings is 1. The van der Waals surface area contributed by atoms with Crippen molar-refractivity contribution in [3.63, 3.8) is 0 Å². The van der Waals surface area contributed by atoms with Crippen LogP contribution in [0.15, 0.2) is 18.2 Å². The van der Waals surface area contributed by atoms with Gasteiger partial charge in [-0.1, -0.05) is 12.1 Å². The molecule has 0 bridgehead atoms. The minimum absolute atomic E-state index is 0.596. The first-order valence-electron chi connectivity index (χ1n) is 7.74. The lowest BCUT2D eigenvalue weighted by Crippen LogP contribution is -2.16. The maximum Gasteiger partial charge on any atom is 0.111 e. The zero-order valence-corrected chi connectivity index (χ0v) is 12.8. The second kappa shape index (κ2) is 4.49. The summed E-state index contributed by atoms with van der Waals surface area (Å²) in [6.45, 7) is 3.31. The summed E-state index contributed by atoms with van der Waals surface area (Å²) in [4.78, 5) is 4.87. The van der Waals surface area contributed by atoms with Gasteiger partial charge in [-0.3, -0.25) is 0 Å². The number of aromatic nitrogens is 2. The van der Waals surface area contributed by atoms with Gasteiger partial charge in [-0.15, -0.1) is 11.6 Å². The Labute approximate surface area is 125 Å². The van der Waals surface area contributed by atoms with Gasteiger partial charge in [0, 0.05) is 18.8 Å². The van der Waals surface area contributed by atoms with Crippen molar-refractivity contribution in [1.29, 1.82) is 0 Å². The monoisotopic (exact) mass is 288 g/mol. The van der Waals surface area contributed by atoms with Crippen molar-refractivity contribution in [3.05, 3.63) is 29.6 Å². The number of aryl methyl sites for hydroxylation is 2. The molecule has 0 amide bonds. The fraction of sp³-hybridized carbons (Fsp3) is 0.588. The number of para-hydroxylation sites is 1. The van der Waals surface area contributed by atoms with Crippen molar-refractivity contribution >= 4 is 22.6 Å². The number of halogens is 1. The first kappa shape index (κ1) is 12.7. The third kappa shape index (κ3) is 1.96. The summed E-state index contributed by atoms with van der Waals surface area (Å²) in [5, 5.41) is 0. The molecule has 0 N–H and O–H groups in total. The third-order valence-electron chi connectivity index (χ3n) is 5.19. The van der Waals surface area contributed by atoms with Gasteiger partial charge >= 0.3 is 0 Å². The topological polar surface area (TPSA) is 17.8 Å². The van der Waals surface area contributed by atoms with Gasteiger partial charge in [0.25, 0.3) is 0 Å². The number of imidazole rings is 1. The van der Waals surface area contributed by atoms with Crippen LogP contribution < -0.4 is 0 Å². The van der Waals surface area contributed by atoms with Crippen molar-refractivity contribution in [1.82, 2.24) is 9.55 Å². The normalized spacial score (nSPS) is 20.5. The Kier molecular flexibility index (Phi) is 2.85. The Balaban J connectivity index is 1.79. The molecule has 3 heteroatoms. The Bertz CT molecular complexity index is 650. The van der Waals surface area contributed by atoms with Gasteiger partial charge in [0.05, 0.1) is 11.0 Å². The molecule has 1 aromatic carbocycles. The lowest BCUT2D eigenvalue weighted by molar-refractivity contribution is 0.369. The van der Waals surface area contributed by atoms with Crippen molar-refractivity contribution in [2.24, 2.45) is 11.3 Å². The largest absolute Gasteiger partial charge is 0.327 e. The minimum Gasteiger partial charge on any atom is -0.327 e. The summed E-state index contributed by atoms with van der Waals surface area (Å²) >= 11 is 5.98. The molecule has 1 heterocycles. The maximum atomic E-state index is 5.98. The van der Waals surface area contributed by atoms with E-state index in [0.717, 1.165) is 18.9 Å². The van der Waals surface area contributed by atoms with E-state index in [1.54, 1.807) is 0 Å². The molecular formula is C17H21ClN2. The molecule has 2 aliphatic rings. The second-order valence-electron chi connectivity index (χ2n) is 6.63. The summed E-state index contributed by atoms with van der Waals surface area (Å²) in [5.41, 5.74) is 4.34. The van der Waals surface area contributed by atoms with Crippen molar-refractivity contribution in [2.75, 3.05) is 5.88 Å². The molecule has 2 nitrogen and oxygen atoms in total. The van der Waals surface area contributed by atoms with E-state index < -0.39 is 0 Å². The highest BCUT2D eigenvalue weighted by molar-refractivity contribution is 6.17. The van der Waals surface area contributed by atoms with Gasteiger partial charge in [0.15, 0.2) is 0 Å². The standard InChI is InChI=1S/C17H21ClN2/c1-12-3-2-4-14-16(12)19-15(7-10-18)20(14)11-17(8-9-17)13-5-6-13/h2-4,13H,5-11H2,1H3. The number of nitrogens with zero attached hydrogens (tertiary/aromatic N) is 2. The molecule has 2 fully saturated rings. The average Bonchev–Trinajstić information content (AvgIpc) is 3.32. The summed E-state index contributed by atoms with van der Waals surface area (Å²) in [6, 6.07) is 6.52. The van der Waals surface area contributed by atoms with Crippen LogP contribution in [-0.2, 0) is 13.0 Å². The third-order valence-corrected chi connectivity index (χ3v) is 5.38. The van der Waals surface area contributed by atoms with E-state index in [1.807, 2.05) is 0 Å². The maximum absolute atomic E-state index is 5.98. The first-order valence-corrected chi connectivity index (χ1v) is 8.28. The fourth-order valence-electron chi connectivity index (χ4n) is 3.65. The lowest BCUT2D eigenvalue weighted by atomic mass is 10.0. The first-order chi connectivity index (χ1) is 9.73. The average molecular weight is 289 g/mol. The van der Waals surface area contributed by atoms with Crippen LogP contribution in [0.4, 0.5) is 0 Å². The molecule has 2 saturated carbocycles. The number of hydrogen-bond donors (Lipinski definition) is 0. The van der Waals surface area contributed by atoms with E-state index in [2.05, 4.69) is 29.7 Å². The molecule has 0 radical (unpaired) electrons. The smallest absolute Gasteiger partial charge is 0.111 e. The Morgan fingerprint density at radius 3 is 2.80 bits per heavy atom. The van der Waals surface area contributed by atoms with Gasteiger partial charge in [-0.2, -0.15) is 0 Å².